The van der Waals surface area contributed by atoms with E-state index in [4.69, 9.17) is 16.3 Å². The molecule has 1 N–H and O–H groups in total. The maximum Gasteiger partial charge on any atom is 0.224 e. The van der Waals surface area contributed by atoms with Crippen molar-refractivity contribution in [2.24, 2.45) is 11.8 Å². The van der Waals surface area contributed by atoms with Crippen LogP contribution < -0.4 is 5.32 Å². The fraction of sp³-hybridized carbons (Fsp3) is 0.900. The number of amides is 1. The molecule has 0 aromatic carbocycles. The molecule has 0 aliphatic rings. The highest BCUT2D eigenvalue weighted by molar-refractivity contribution is 6.19. The lowest BCUT2D eigenvalue weighted by molar-refractivity contribution is -0.125. The minimum absolute atomic E-state index is 0.00394. The van der Waals surface area contributed by atoms with Crippen molar-refractivity contribution < 1.29 is 9.53 Å². The third kappa shape index (κ3) is 4.82. The lowest BCUT2D eigenvalue weighted by Crippen LogP contribution is -2.44. The van der Waals surface area contributed by atoms with Crippen molar-refractivity contribution in [2.75, 3.05) is 19.6 Å². The van der Waals surface area contributed by atoms with E-state index in [1.54, 1.807) is 7.11 Å². The van der Waals surface area contributed by atoms with Gasteiger partial charge in [0.1, 0.15) is 0 Å². The number of hydrogen-bond acceptors (Lipinski definition) is 2. The Kier molecular flexibility index (Phi) is 6.93. The van der Waals surface area contributed by atoms with Gasteiger partial charge in [-0.1, -0.05) is 20.8 Å². The summed E-state index contributed by atoms with van der Waals surface area (Å²) >= 11 is 5.59. The van der Waals surface area contributed by atoms with Crippen molar-refractivity contribution in [3.63, 3.8) is 0 Å². The van der Waals surface area contributed by atoms with E-state index in [2.05, 4.69) is 19.2 Å². The molecule has 0 bridgehead atoms. The molecule has 0 heterocycles. The SMILES string of the molecule is COCC(NC(=O)C(C)CCl)C(C)C. The van der Waals surface area contributed by atoms with Gasteiger partial charge in [0, 0.05) is 18.9 Å². The number of alkyl halides is 1. The summed E-state index contributed by atoms with van der Waals surface area (Å²) in [7, 11) is 1.63. The summed E-state index contributed by atoms with van der Waals surface area (Å²) in [5.41, 5.74) is 0. The molecule has 0 rings (SSSR count). The molecule has 2 atom stereocenters. The lowest BCUT2D eigenvalue weighted by Gasteiger charge is -2.22. The van der Waals surface area contributed by atoms with Crippen molar-refractivity contribution in [1.82, 2.24) is 5.32 Å². The minimum Gasteiger partial charge on any atom is -0.383 e. The molecule has 1 amide bonds. The molecule has 4 heteroatoms. The number of ether oxygens (including phenoxy) is 1. The van der Waals surface area contributed by atoms with Gasteiger partial charge in [-0.05, 0) is 5.92 Å². The first-order chi connectivity index (χ1) is 6.52. The topological polar surface area (TPSA) is 38.3 Å². The quantitative estimate of drug-likeness (QED) is 0.693. The molecule has 0 aliphatic carbocycles. The van der Waals surface area contributed by atoms with E-state index < -0.39 is 0 Å². The zero-order chi connectivity index (χ0) is 11.1. The van der Waals surface area contributed by atoms with Gasteiger partial charge in [-0.25, -0.2) is 0 Å². The van der Waals surface area contributed by atoms with E-state index in [1.807, 2.05) is 6.92 Å². The number of rotatable bonds is 6. The molecule has 0 spiro atoms. The van der Waals surface area contributed by atoms with Gasteiger partial charge in [0.25, 0.3) is 0 Å². The van der Waals surface area contributed by atoms with Crippen LogP contribution in [0.5, 0.6) is 0 Å². The Balaban J connectivity index is 4.08. The Labute approximate surface area is 91.2 Å². The standard InChI is InChI=1S/C10H20ClNO2/c1-7(2)9(6-14-4)12-10(13)8(3)5-11/h7-9H,5-6H2,1-4H3,(H,12,13). The first-order valence-corrected chi connectivity index (χ1v) is 5.41. The monoisotopic (exact) mass is 221 g/mol. The molecule has 2 unspecified atom stereocenters. The molecule has 0 saturated carbocycles. The predicted molar refractivity (Wildman–Crippen MR) is 58.5 cm³/mol. The number of carbonyl (C=O) groups is 1. The molecule has 0 aromatic heterocycles. The first kappa shape index (κ1) is 13.7. The number of methoxy groups -OCH3 is 1. The van der Waals surface area contributed by atoms with E-state index in [1.165, 1.54) is 0 Å². The third-order valence-electron chi connectivity index (χ3n) is 2.16. The van der Waals surface area contributed by atoms with Gasteiger partial charge in [-0.3, -0.25) is 4.79 Å². The van der Waals surface area contributed by atoms with Crippen molar-refractivity contribution in [3.8, 4) is 0 Å². The number of halogens is 1. The molecular formula is C10H20ClNO2. The van der Waals surface area contributed by atoms with Gasteiger partial charge in [0.15, 0.2) is 0 Å². The highest BCUT2D eigenvalue weighted by Gasteiger charge is 2.19. The third-order valence-corrected chi connectivity index (χ3v) is 2.62. The lowest BCUT2D eigenvalue weighted by atomic mass is 10.0. The molecule has 3 nitrogen and oxygen atoms in total. The van der Waals surface area contributed by atoms with Crippen LogP contribution in [0.4, 0.5) is 0 Å². The summed E-state index contributed by atoms with van der Waals surface area (Å²) in [4.78, 5) is 11.5. The first-order valence-electron chi connectivity index (χ1n) is 4.88. The normalized spacial score (nSPS) is 15.3. The molecule has 0 aliphatic heterocycles. The molecule has 0 fully saturated rings. The summed E-state index contributed by atoms with van der Waals surface area (Å²) in [6.45, 7) is 6.45. The summed E-state index contributed by atoms with van der Waals surface area (Å²) in [5.74, 6) is 0.566. The average Bonchev–Trinajstić information content (AvgIpc) is 2.15. The maximum atomic E-state index is 11.5. The van der Waals surface area contributed by atoms with Crippen LogP contribution in [-0.2, 0) is 9.53 Å². The highest BCUT2D eigenvalue weighted by Crippen LogP contribution is 2.05. The largest absolute Gasteiger partial charge is 0.383 e. The second-order valence-corrected chi connectivity index (χ2v) is 4.18. The number of nitrogens with one attached hydrogen (secondary N) is 1. The average molecular weight is 222 g/mol. The molecular weight excluding hydrogens is 202 g/mol. The number of carbonyl (C=O) groups excluding carboxylic acids is 1. The summed E-state index contributed by atoms with van der Waals surface area (Å²) < 4.78 is 5.03. The van der Waals surface area contributed by atoms with Crippen LogP contribution in [0.2, 0.25) is 0 Å². The van der Waals surface area contributed by atoms with Gasteiger partial charge in [-0.15, -0.1) is 11.6 Å². The summed E-state index contributed by atoms with van der Waals surface area (Å²) in [6, 6.07) is 0.0677. The van der Waals surface area contributed by atoms with Crippen LogP contribution in [0.3, 0.4) is 0 Å². The zero-order valence-electron chi connectivity index (χ0n) is 9.34. The molecule has 84 valence electrons. The Hall–Kier alpha value is -0.280. The minimum atomic E-state index is -0.144. The maximum absolute atomic E-state index is 11.5. The second kappa shape index (κ2) is 7.07. The van der Waals surface area contributed by atoms with Crippen LogP contribution in [0, 0.1) is 11.8 Å². The van der Waals surface area contributed by atoms with Gasteiger partial charge in [0.2, 0.25) is 5.91 Å². The Morgan fingerprint density at radius 1 is 1.43 bits per heavy atom. The fourth-order valence-corrected chi connectivity index (χ4v) is 1.12. The van der Waals surface area contributed by atoms with E-state index in [-0.39, 0.29) is 17.9 Å². The van der Waals surface area contributed by atoms with Gasteiger partial charge < -0.3 is 10.1 Å². The molecule has 0 radical (unpaired) electrons. The van der Waals surface area contributed by atoms with Crippen molar-refractivity contribution in [1.29, 1.82) is 0 Å². The van der Waals surface area contributed by atoms with Gasteiger partial charge in [0.05, 0.1) is 12.6 Å². The predicted octanol–water partition coefficient (Wildman–Crippen LogP) is 1.65. The highest BCUT2D eigenvalue weighted by atomic mass is 35.5. The van der Waals surface area contributed by atoms with Crippen molar-refractivity contribution in [3.05, 3.63) is 0 Å². The van der Waals surface area contributed by atoms with Crippen LogP contribution in [-0.4, -0.2) is 31.5 Å². The van der Waals surface area contributed by atoms with E-state index in [0.717, 1.165) is 0 Å². The smallest absolute Gasteiger partial charge is 0.224 e. The van der Waals surface area contributed by atoms with Crippen molar-refractivity contribution >= 4 is 17.5 Å². The Bertz CT molecular complexity index is 174. The fourth-order valence-electron chi connectivity index (χ4n) is 0.975. The van der Waals surface area contributed by atoms with E-state index >= 15 is 0 Å². The number of hydrogen-bond donors (Lipinski definition) is 1. The molecule has 0 saturated heterocycles. The Morgan fingerprint density at radius 2 is 2.00 bits per heavy atom. The summed E-state index contributed by atoms with van der Waals surface area (Å²) in [6.07, 6.45) is 0. The van der Waals surface area contributed by atoms with Crippen LogP contribution in [0.1, 0.15) is 20.8 Å². The van der Waals surface area contributed by atoms with Crippen LogP contribution in [0.15, 0.2) is 0 Å². The van der Waals surface area contributed by atoms with Crippen LogP contribution >= 0.6 is 11.6 Å². The second-order valence-electron chi connectivity index (χ2n) is 3.87. The van der Waals surface area contributed by atoms with Crippen molar-refractivity contribution in [2.45, 2.75) is 26.8 Å². The zero-order valence-corrected chi connectivity index (χ0v) is 10.1. The van der Waals surface area contributed by atoms with Gasteiger partial charge in [-0.2, -0.15) is 0 Å². The molecule has 14 heavy (non-hydrogen) atoms. The summed E-state index contributed by atoms with van der Waals surface area (Å²) in [5, 5.41) is 2.92. The Morgan fingerprint density at radius 3 is 2.36 bits per heavy atom. The van der Waals surface area contributed by atoms with Gasteiger partial charge >= 0.3 is 0 Å². The van der Waals surface area contributed by atoms with E-state index in [0.29, 0.717) is 18.4 Å². The van der Waals surface area contributed by atoms with E-state index in [9.17, 15) is 4.79 Å². The van der Waals surface area contributed by atoms with Crippen LogP contribution in [0.25, 0.3) is 0 Å². The molecule has 0 aromatic rings.